The van der Waals surface area contributed by atoms with E-state index in [-0.39, 0.29) is 6.04 Å². The summed E-state index contributed by atoms with van der Waals surface area (Å²) in [6, 6.07) is 0.334. The van der Waals surface area contributed by atoms with Crippen LogP contribution in [0.1, 0.15) is 25.1 Å². The van der Waals surface area contributed by atoms with Crippen molar-refractivity contribution >= 4 is 0 Å². The Morgan fingerprint density at radius 2 is 2.15 bits per heavy atom. The van der Waals surface area contributed by atoms with Crippen molar-refractivity contribution in [3.63, 3.8) is 0 Å². The van der Waals surface area contributed by atoms with Crippen molar-refractivity contribution in [1.29, 1.82) is 0 Å². The van der Waals surface area contributed by atoms with Gasteiger partial charge in [0.1, 0.15) is 0 Å². The minimum Gasteiger partial charge on any atom is -0.493 e. The summed E-state index contributed by atoms with van der Waals surface area (Å²) in [7, 11) is 1.69. The average Bonchev–Trinajstić information content (AvgIpc) is 2.91. The second kappa shape index (κ2) is 5.71. The van der Waals surface area contributed by atoms with E-state index in [1.165, 1.54) is 13.1 Å². The van der Waals surface area contributed by atoms with Gasteiger partial charge in [-0.25, -0.2) is 0 Å². The van der Waals surface area contributed by atoms with Crippen LogP contribution in [0.3, 0.4) is 0 Å². The maximum Gasteiger partial charge on any atom is 0.161 e. The lowest BCUT2D eigenvalue weighted by atomic mass is 9.98. The molecule has 6 nitrogen and oxygen atoms in total. The molecule has 0 aliphatic carbocycles. The van der Waals surface area contributed by atoms with Crippen LogP contribution in [0.25, 0.3) is 0 Å². The van der Waals surface area contributed by atoms with Crippen molar-refractivity contribution in [2.24, 2.45) is 5.73 Å². The van der Waals surface area contributed by atoms with Gasteiger partial charge in [0, 0.05) is 45.3 Å². The highest BCUT2D eigenvalue weighted by atomic mass is 16.5. The van der Waals surface area contributed by atoms with Gasteiger partial charge in [0.2, 0.25) is 0 Å². The second-order valence-electron chi connectivity index (χ2n) is 5.75. The summed E-state index contributed by atoms with van der Waals surface area (Å²) in [5.41, 5.74) is 7.65. The molecule has 4 rings (SSSR count). The van der Waals surface area contributed by atoms with Gasteiger partial charge in [-0.05, 0) is 6.42 Å². The van der Waals surface area contributed by atoms with E-state index in [1.807, 2.05) is 4.68 Å². The molecular formula is C14H25N5O. The van der Waals surface area contributed by atoms with Crippen molar-refractivity contribution in [3.05, 3.63) is 11.9 Å². The van der Waals surface area contributed by atoms with Crippen LogP contribution in [0.2, 0.25) is 0 Å². The molecule has 0 aromatic carbocycles. The first kappa shape index (κ1) is 13.9. The Balaban J connectivity index is 1.85. The fourth-order valence-electron chi connectivity index (χ4n) is 3.44. The third kappa shape index (κ3) is 2.32. The Morgan fingerprint density at radius 3 is 2.70 bits per heavy atom. The first-order valence-corrected chi connectivity index (χ1v) is 7.56. The molecule has 3 saturated heterocycles. The van der Waals surface area contributed by atoms with Crippen molar-refractivity contribution in [2.45, 2.75) is 32.0 Å². The van der Waals surface area contributed by atoms with E-state index in [0.717, 1.165) is 44.0 Å². The number of hydrogen-bond acceptors (Lipinski definition) is 5. The number of nitrogens with two attached hydrogens (primary N) is 1. The quantitative estimate of drug-likeness (QED) is 0.840. The molecule has 0 spiro atoms. The lowest BCUT2D eigenvalue weighted by molar-refractivity contribution is 0.000705. The molecule has 0 radical (unpaired) electrons. The zero-order valence-corrected chi connectivity index (χ0v) is 12.5. The first-order chi connectivity index (χ1) is 9.74. The minimum atomic E-state index is -0.0397. The van der Waals surface area contributed by atoms with Gasteiger partial charge >= 0.3 is 0 Å². The standard InChI is InChI=1S/C14H25N5O/c1-3-4-19-14(12(20-2)9-16-19)13(15)11-10-17-5-7-18(11)8-6-17/h9,11,13H,3-8,10,15H2,1-2H3. The van der Waals surface area contributed by atoms with Gasteiger partial charge in [-0.2, -0.15) is 5.10 Å². The normalized spacial score (nSPS) is 30.4. The molecule has 3 aliphatic rings. The van der Waals surface area contributed by atoms with E-state index in [0.29, 0.717) is 6.04 Å². The monoisotopic (exact) mass is 279 g/mol. The Hall–Kier alpha value is -1.11. The van der Waals surface area contributed by atoms with Crippen LogP contribution in [-0.2, 0) is 6.54 Å². The number of rotatable bonds is 5. The van der Waals surface area contributed by atoms with E-state index >= 15 is 0 Å². The number of methoxy groups -OCH3 is 1. The fraction of sp³-hybridized carbons (Fsp3) is 0.786. The van der Waals surface area contributed by atoms with E-state index in [1.54, 1.807) is 13.3 Å². The summed E-state index contributed by atoms with van der Waals surface area (Å²) in [5.74, 6) is 0.823. The topological polar surface area (TPSA) is 59.6 Å². The van der Waals surface area contributed by atoms with Crippen LogP contribution < -0.4 is 10.5 Å². The van der Waals surface area contributed by atoms with Crippen molar-refractivity contribution < 1.29 is 4.74 Å². The van der Waals surface area contributed by atoms with Gasteiger partial charge in [-0.3, -0.25) is 14.5 Å². The average molecular weight is 279 g/mol. The molecule has 2 N–H and O–H groups in total. The summed E-state index contributed by atoms with van der Waals surface area (Å²) in [6.45, 7) is 8.71. The summed E-state index contributed by atoms with van der Waals surface area (Å²) in [4.78, 5) is 5.03. The highest BCUT2D eigenvalue weighted by Gasteiger charge is 2.38. The van der Waals surface area contributed by atoms with Crippen LogP contribution in [0.4, 0.5) is 0 Å². The molecule has 1 aromatic heterocycles. The van der Waals surface area contributed by atoms with Crippen LogP contribution in [0, 0.1) is 0 Å². The number of aryl methyl sites for hydroxylation is 1. The number of aromatic nitrogens is 2. The summed E-state index contributed by atoms with van der Waals surface area (Å²) >= 11 is 0. The molecule has 4 heterocycles. The molecule has 20 heavy (non-hydrogen) atoms. The highest BCUT2D eigenvalue weighted by Crippen LogP contribution is 2.31. The Bertz CT molecular complexity index is 452. The number of nitrogens with zero attached hydrogens (tertiary/aromatic N) is 4. The molecule has 1 aromatic rings. The molecular weight excluding hydrogens is 254 g/mol. The van der Waals surface area contributed by atoms with Crippen LogP contribution in [0.5, 0.6) is 5.75 Å². The molecule has 2 bridgehead atoms. The number of piperazine rings is 3. The summed E-state index contributed by atoms with van der Waals surface area (Å²) in [6.07, 6.45) is 2.84. The van der Waals surface area contributed by atoms with Gasteiger partial charge in [-0.15, -0.1) is 0 Å². The van der Waals surface area contributed by atoms with Crippen molar-refractivity contribution in [2.75, 3.05) is 39.8 Å². The lowest BCUT2D eigenvalue weighted by Crippen LogP contribution is -2.63. The SMILES string of the molecule is CCCn1ncc(OC)c1C(N)C1CN2CCN1CC2. The smallest absolute Gasteiger partial charge is 0.161 e. The largest absolute Gasteiger partial charge is 0.493 e. The molecule has 112 valence electrons. The molecule has 2 unspecified atom stereocenters. The van der Waals surface area contributed by atoms with E-state index in [4.69, 9.17) is 10.5 Å². The highest BCUT2D eigenvalue weighted by molar-refractivity contribution is 5.29. The summed E-state index contributed by atoms with van der Waals surface area (Å²) < 4.78 is 7.49. The van der Waals surface area contributed by atoms with E-state index in [9.17, 15) is 0 Å². The van der Waals surface area contributed by atoms with Crippen molar-refractivity contribution in [3.8, 4) is 5.75 Å². The third-order valence-electron chi connectivity index (χ3n) is 4.55. The summed E-state index contributed by atoms with van der Waals surface area (Å²) in [5, 5.41) is 4.43. The van der Waals surface area contributed by atoms with Gasteiger partial charge in [0.25, 0.3) is 0 Å². The fourth-order valence-corrected chi connectivity index (χ4v) is 3.44. The number of fused-ring (bicyclic) bond motifs is 3. The van der Waals surface area contributed by atoms with Crippen molar-refractivity contribution in [1.82, 2.24) is 19.6 Å². The Morgan fingerprint density at radius 1 is 1.40 bits per heavy atom. The van der Waals surface area contributed by atoms with Crippen LogP contribution >= 0.6 is 0 Å². The molecule has 3 aliphatic heterocycles. The maximum absolute atomic E-state index is 6.60. The van der Waals surface area contributed by atoms with Gasteiger partial charge < -0.3 is 10.5 Å². The number of hydrogen-bond donors (Lipinski definition) is 1. The first-order valence-electron chi connectivity index (χ1n) is 7.56. The zero-order valence-electron chi connectivity index (χ0n) is 12.5. The molecule has 2 atom stereocenters. The second-order valence-corrected chi connectivity index (χ2v) is 5.75. The van der Waals surface area contributed by atoms with E-state index in [2.05, 4.69) is 21.8 Å². The zero-order chi connectivity index (χ0) is 14.1. The Kier molecular flexibility index (Phi) is 3.96. The van der Waals surface area contributed by atoms with Gasteiger partial charge in [0.05, 0.1) is 25.0 Å². The van der Waals surface area contributed by atoms with E-state index < -0.39 is 0 Å². The lowest BCUT2D eigenvalue weighted by Gasteiger charge is -2.49. The third-order valence-corrected chi connectivity index (χ3v) is 4.55. The Labute approximate surface area is 120 Å². The van der Waals surface area contributed by atoms with Gasteiger partial charge in [0.15, 0.2) is 5.75 Å². The number of ether oxygens (including phenoxy) is 1. The molecule has 3 fully saturated rings. The predicted molar refractivity (Wildman–Crippen MR) is 77.8 cm³/mol. The maximum atomic E-state index is 6.60. The molecule has 0 amide bonds. The molecule has 0 saturated carbocycles. The van der Waals surface area contributed by atoms with Crippen LogP contribution in [0.15, 0.2) is 6.20 Å². The predicted octanol–water partition coefficient (Wildman–Crippen LogP) is 0.301. The van der Waals surface area contributed by atoms with Crippen LogP contribution in [-0.4, -0.2) is 65.5 Å². The molecule has 6 heteroatoms. The van der Waals surface area contributed by atoms with Gasteiger partial charge in [-0.1, -0.05) is 6.92 Å². The minimum absolute atomic E-state index is 0.0397.